The third-order valence-electron chi connectivity index (χ3n) is 4.65. The molecule has 0 amide bonds. The van der Waals surface area contributed by atoms with Gasteiger partial charge in [-0.3, -0.25) is 9.36 Å². The molecule has 23 heavy (non-hydrogen) atoms. The summed E-state index contributed by atoms with van der Waals surface area (Å²) in [6.45, 7) is 2.46. The van der Waals surface area contributed by atoms with E-state index in [2.05, 4.69) is 0 Å². The molecule has 1 aliphatic carbocycles. The summed E-state index contributed by atoms with van der Waals surface area (Å²) in [4.78, 5) is 17.7. The molecule has 1 aromatic heterocycles. The number of benzene rings is 1. The van der Waals surface area contributed by atoms with Crippen LogP contribution in [-0.4, -0.2) is 16.2 Å². The highest BCUT2D eigenvalue weighted by molar-refractivity contribution is 5.81. The van der Waals surface area contributed by atoms with Gasteiger partial charge in [-0.25, -0.2) is 9.37 Å². The van der Waals surface area contributed by atoms with Gasteiger partial charge in [0.15, 0.2) is 0 Å². The largest absolute Gasteiger partial charge is 0.370 e. The molecule has 0 radical (unpaired) electrons. The molecule has 5 nitrogen and oxygen atoms in total. The highest BCUT2D eigenvalue weighted by atomic mass is 19.1. The van der Waals surface area contributed by atoms with E-state index in [1.807, 2.05) is 0 Å². The van der Waals surface area contributed by atoms with Gasteiger partial charge in [-0.1, -0.05) is 0 Å². The summed E-state index contributed by atoms with van der Waals surface area (Å²) in [6.07, 6.45) is 3.59. The first kappa shape index (κ1) is 14.8. The number of hydrogen-bond acceptors (Lipinski definition) is 4. The molecule has 1 aromatic carbocycles. The Kier molecular flexibility index (Phi) is 3.46. The van der Waals surface area contributed by atoms with E-state index in [1.165, 1.54) is 12.1 Å². The van der Waals surface area contributed by atoms with E-state index < -0.39 is 11.9 Å². The minimum atomic E-state index is -0.448. The summed E-state index contributed by atoms with van der Waals surface area (Å²) in [5.41, 5.74) is 6.87. The molecule has 2 N–H and O–H groups in total. The number of fused-ring (bicyclic) bond motifs is 1. The molecule has 4 rings (SSSR count). The maximum Gasteiger partial charge on any atom is 0.261 e. The number of nitrogens with two attached hydrogens (primary N) is 1. The van der Waals surface area contributed by atoms with Crippen molar-refractivity contribution >= 4 is 10.9 Å². The van der Waals surface area contributed by atoms with Crippen molar-refractivity contribution in [2.75, 3.05) is 6.61 Å². The summed E-state index contributed by atoms with van der Waals surface area (Å²) in [5, 5.41) is 0.311. The van der Waals surface area contributed by atoms with Crippen LogP contribution < -0.4 is 11.3 Å². The Balaban J connectivity index is 2.04. The lowest BCUT2D eigenvalue weighted by Crippen LogP contribution is -2.27. The van der Waals surface area contributed by atoms with Crippen LogP contribution in [0.5, 0.6) is 0 Å². The molecular weight excluding hydrogens is 297 g/mol. The summed E-state index contributed by atoms with van der Waals surface area (Å²) in [5.74, 6) is 0.229. The van der Waals surface area contributed by atoms with Crippen molar-refractivity contribution in [3.05, 3.63) is 39.7 Å². The SMILES string of the molecule is C[C@@H](N)c1cc(F)cc2c(=O)n(C3CC3)c([C@@H]3CCCO3)nc12. The molecule has 2 atom stereocenters. The molecule has 2 aromatic rings. The molecule has 1 aliphatic heterocycles. The van der Waals surface area contributed by atoms with E-state index in [-0.39, 0.29) is 17.7 Å². The lowest BCUT2D eigenvalue weighted by atomic mass is 10.0. The van der Waals surface area contributed by atoms with Crippen LogP contribution in [0.2, 0.25) is 0 Å². The second kappa shape index (κ2) is 5.39. The molecule has 2 aliphatic rings. The lowest BCUT2D eigenvalue weighted by molar-refractivity contribution is 0.101. The Labute approximate surface area is 133 Å². The molecule has 0 bridgehead atoms. The quantitative estimate of drug-likeness (QED) is 0.945. The van der Waals surface area contributed by atoms with Gasteiger partial charge in [-0.05, 0) is 50.3 Å². The fourth-order valence-electron chi connectivity index (χ4n) is 3.35. The monoisotopic (exact) mass is 317 g/mol. The van der Waals surface area contributed by atoms with E-state index in [4.69, 9.17) is 15.5 Å². The van der Waals surface area contributed by atoms with Gasteiger partial charge in [0.2, 0.25) is 0 Å². The zero-order valence-corrected chi connectivity index (χ0v) is 13.1. The van der Waals surface area contributed by atoms with Crippen LogP contribution >= 0.6 is 0 Å². The molecule has 0 spiro atoms. The first-order chi connectivity index (χ1) is 11.1. The fourth-order valence-corrected chi connectivity index (χ4v) is 3.35. The third kappa shape index (κ3) is 2.46. The van der Waals surface area contributed by atoms with Crippen LogP contribution in [0, 0.1) is 5.82 Å². The van der Waals surface area contributed by atoms with Crippen LogP contribution in [0.15, 0.2) is 16.9 Å². The minimum absolute atomic E-state index is 0.154. The Bertz CT molecular complexity index is 821. The normalized spacial score (nSPS) is 22.7. The fraction of sp³-hybridized carbons (Fsp3) is 0.529. The Hall–Kier alpha value is -1.79. The van der Waals surface area contributed by atoms with Gasteiger partial charge in [0.25, 0.3) is 5.56 Å². The molecule has 122 valence electrons. The van der Waals surface area contributed by atoms with E-state index in [1.54, 1.807) is 11.5 Å². The lowest BCUT2D eigenvalue weighted by Gasteiger charge is -2.19. The molecular formula is C17H20FN3O2. The highest BCUT2D eigenvalue weighted by Gasteiger charge is 2.33. The standard InChI is InChI=1S/C17H20FN3O2/c1-9(19)12-7-10(18)8-13-15(12)20-16(14-3-2-6-23-14)21(17(13)22)11-4-5-11/h7-9,11,14H,2-6,19H2,1H3/t9-,14+/m1/s1. The van der Waals surface area contributed by atoms with Crippen molar-refractivity contribution < 1.29 is 9.13 Å². The molecule has 2 fully saturated rings. The predicted octanol–water partition coefficient (Wildman–Crippen LogP) is 2.74. The number of nitrogens with zero attached hydrogens (tertiary/aromatic N) is 2. The third-order valence-corrected chi connectivity index (χ3v) is 4.65. The van der Waals surface area contributed by atoms with Crippen LogP contribution in [0.25, 0.3) is 10.9 Å². The van der Waals surface area contributed by atoms with Gasteiger partial charge >= 0.3 is 0 Å². The van der Waals surface area contributed by atoms with Crippen molar-refractivity contribution in [2.24, 2.45) is 5.73 Å². The topological polar surface area (TPSA) is 70.1 Å². The summed E-state index contributed by atoms with van der Waals surface area (Å²) >= 11 is 0. The average molecular weight is 317 g/mol. The molecule has 1 saturated heterocycles. The van der Waals surface area contributed by atoms with Crippen molar-refractivity contribution in [3.63, 3.8) is 0 Å². The number of aromatic nitrogens is 2. The number of halogens is 1. The van der Waals surface area contributed by atoms with Crippen molar-refractivity contribution in [3.8, 4) is 0 Å². The zero-order valence-electron chi connectivity index (χ0n) is 13.1. The zero-order chi connectivity index (χ0) is 16.1. The molecule has 1 saturated carbocycles. The summed E-state index contributed by atoms with van der Waals surface area (Å²) < 4.78 is 21.4. The first-order valence-electron chi connectivity index (χ1n) is 8.19. The number of ether oxygens (including phenoxy) is 1. The van der Waals surface area contributed by atoms with Gasteiger partial charge in [0.05, 0.1) is 10.9 Å². The average Bonchev–Trinajstić information content (AvgIpc) is 3.20. The second-order valence-electron chi connectivity index (χ2n) is 6.56. The van der Waals surface area contributed by atoms with E-state index >= 15 is 0 Å². The Morgan fingerprint density at radius 3 is 2.78 bits per heavy atom. The van der Waals surface area contributed by atoms with Crippen molar-refractivity contribution in [2.45, 2.75) is 50.8 Å². The van der Waals surface area contributed by atoms with Crippen molar-refractivity contribution in [1.82, 2.24) is 9.55 Å². The van der Waals surface area contributed by atoms with E-state index in [9.17, 15) is 9.18 Å². The van der Waals surface area contributed by atoms with Gasteiger partial charge in [0.1, 0.15) is 17.7 Å². The van der Waals surface area contributed by atoms with Crippen LogP contribution in [0.4, 0.5) is 4.39 Å². The van der Waals surface area contributed by atoms with E-state index in [0.29, 0.717) is 28.9 Å². The summed E-state index contributed by atoms with van der Waals surface area (Å²) in [6, 6.07) is 2.42. The van der Waals surface area contributed by atoms with Gasteiger partial charge < -0.3 is 10.5 Å². The first-order valence-corrected chi connectivity index (χ1v) is 8.19. The molecule has 2 heterocycles. The van der Waals surface area contributed by atoms with Crippen molar-refractivity contribution in [1.29, 1.82) is 0 Å². The Morgan fingerprint density at radius 1 is 1.39 bits per heavy atom. The molecule has 6 heteroatoms. The maximum absolute atomic E-state index is 13.9. The number of rotatable bonds is 3. The predicted molar refractivity (Wildman–Crippen MR) is 84.8 cm³/mol. The van der Waals surface area contributed by atoms with Gasteiger partial charge in [-0.2, -0.15) is 0 Å². The van der Waals surface area contributed by atoms with Crippen LogP contribution in [0.1, 0.15) is 62.2 Å². The Morgan fingerprint density at radius 2 is 2.17 bits per heavy atom. The van der Waals surface area contributed by atoms with Crippen LogP contribution in [-0.2, 0) is 4.74 Å². The van der Waals surface area contributed by atoms with Gasteiger partial charge in [-0.15, -0.1) is 0 Å². The van der Waals surface area contributed by atoms with Gasteiger partial charge in [0, 0.05) is 18.7 Å². The second-order valence-corrected chi connectivity index (χ2v) is 6.56. The molecule has 0 unspecified atom stereocenters. The summed E-state index contributed by atoms with van der Waals surface area (Å²) in [7, 11) is 0. The number of hydrogen-bond donors (Lipinski definition) is 1. The maximum atomic E-state index is 13.9. The highest BCUT2D eigenvalue weighted by Crippen LogP contribution is 2.38. The minimum Gasteiger partial charge on any atom is -0.370 e. The van der Waals surface area contributed by atoms with E-state index in [0.717, 1.165) is 25.7 Å². The van der Waals surface area contributed by atoms with Crippen LogP contribution in [0.3, 0.4) is 0 Å². The smallest absolute Gasteiger partial charge is 0.261 e.